The van der Waals surface area contributed by atoms with Crippen LogP contribution >= 0.6 is 0 Å². The minimum atomic E-state index is -1.12. The van der Waals surface area contributed by atoms with E-state index in [0.717, 1.165) is 18.2 Å². The lowest BCUT2D eigenvalue weighted by molar-refractivity contribution is -0.133. The van der Waals surface area contributed by atoms with Gasteiger partial charge in [-0.05, 0) is 30.7 Å². The minimum Gasteiger partial charge on any atom is -0.315 e. The fourth-order valence-electron chi connectivity index (χ4n) is 1.55. The van der Waals surface area contributed by atoms with E-state index in [-0.39, 0.29) is 5.82 Å². The molecule has 0 aliphatic heterocycles. The molecule has 108 valence electrons. The number of aryl methyl sites for hydroxylation is 1. The molecule has 0 bridgehead atoms. The molecule has 7 heteroatoms. The zero-order chi connectivity index (χ0) is 15.4. The normalized spacial score (nSPS) is 10.0. The topological polar surface area (TPSA) is 71.1 Å². The van der Waals surface area contributed by atoms with Crippen molar-refractivity contribution in [1.82, 2.24) is 4.98 Å². The highest BCUT2D eigenvalue weighted by atomic mass is 19.1. The van der Waals surface area contributed by atoms with Gasteiger partial charge in [-0.2, -0.15) is 0 Å². The van der Waals surface area contributed by atoms with Crippen molar-refractivity contribution in [2.24, 2.45) is 0 Å². The molecule has 0 saturated carbocycles. The molecule has 2 N–H and O–H groups in total. The highest BCUT2D eigenvalue weighted by molar-refractivity contribution is 6.43. The van der Waals surface area contributed by atoms with Gasteiger partial charge >= 0.3 is 11.8 Å². The second-order valence-electron chi connectivity index (χ2n) is 4.20. The van der Waals surface area contributed by atoms with Gasteiger partial charge in [0.05, 0.1) is 5.69 Å². The van der Waals surface area contributed by atoms with Crippen molar-refractivity contribution in [2.75, 3.05) is 10.6 Å². The second-order valence-corrected chi connectivity index (χ2v) is 4.20. The van der Waals surface area contributed by atoms with E-state index in [0.29, 0.717) is 5.56 Å². The Morgan fingerprint density at radius 3 is 2.52 bits per heavy atom. The molecule has 0 atom stereocenters. The average Bonchev–Trinajstić information content (AvgIpc) is 2.45. The Balaban J connectivity index is 2.08. The first-order valence-electron chi connectivity index (χ1n) is 5.96. The van der Waals surface area contributed by atoms with Gasteiger partial charge in [-0.1, -0.05) is 6.07 Å². The highest BCUT2D eigenvalue weighted by Gasteiger charge is 2.17. The summed E-state index contributed by atoms with van der Waals surface area (Å²) in [6.45, 7) is 1.70. The average molecular weight is 291 g/mol. The molecule has 0 fully saturated rings. The monoisotopic (exact) mass is 291 g/mol. The maximum absolute atomic E-state index is 13.4. The van der Waals surface area contributed by atoms with Gasteiger partial charge in [-0.15, -0.1) is 0 Å². The van der Waals surface area contributed by atoms with Crippen LogP contribution in [-0.2, 0) is 9.59 Å². The quantitative estimate of drug-likeness (QED) is 0.834. The molecule has 2 amide bonds. The molecule has 0 aliphatic rings. The van der Waals surface area contributed by atoms with Gasteiger partial charge in [0.15, 0.2) is 0 Å². The van der Waals surface area contributed by atoms with Crippen LogP contribution in [0.5, 0.6) is 0 Å². The number of rotatable bonds is 2. The maximum atomic E-state index is 13.4. The first kappa shape index (κ1) is 14.6. The Labute approximate surface area is 119 Å². The van der Waals surface area contributed by atoms with Crippen molar-refractivity contribution in [2.45, 2.75) is 6.92 Å². The maximum Gasteiger partial charge on any atom is 0.315 e. The van der Waals surface area contributed by atoms with E-state index in [1.54, 1.807) is 19.1 Å². The summed E-state index contributed by atoms with van der Waals surface area (Å²) < 4.78 is 26.3. The van der Waals surface area contributed by atoms with Gasteiger partial charge in [0.1, 0.15) is 17.5 Å². The van der Waals surface area contributed by atoms with Gasteiger partial charge in [-0.3, -0.25) is 9.59 Å². The fraction of sp³-hybridized carbons (Fsp3) is 0.0714. The van der Waals surface area contributed by atoms with Crippen LogP contribution in [0.2, 0.25) is 0 Å². The number of hydrogen-bond acceptors (Lipinski definition) is 3. The van der Waals surface area contributed by atoms with Crippen molar-refractivity contribution in [3.05, 3.63) is 53.7 Å². The van der Waals surface area contributed by atoms with Crippen molar-refractivity contribution >= 4 is 23.3 Å². The lowest BCUT2D eigenvalue weighted by Gasteiger charge is -2.08. The van der Waals surface area contributed by atoms with Crippen molar-refractivity contribution in [3.63, 3.8) is 0 Å². The highest BCUT2D eigenvalue weighted by Crippen LogP contribution is 2.15. The molecule has 2 rings (SSSR count). The summed E-state index contributed by atoms with van der Waals surface area (Å²) in [6.07, 6.45) is 1.45. The summed E-state index contributed by atoms with van der Waals surface area (Å²) in [7, 11) is 0. The number of carbonyl (C=O) groups is 2. The van der Waals surface area contributed by atoms with Crippen molar-refractivity contribution in [3.8, 4) is 0 Å². The lowest BCUT2D eigenvalue weighted by atomic mass is 10.3. The van der Waals surface area contributed by atoms with Crippen molar-refractivity contribution < 1.29 is 18.4 Å². The van der Waals surface area contributed by atoms with Crippen LogP contribution in [0.15, 0.2) is 36.5 Å². The molecule has 1 aromatic heterocycles. The Morgan fingerprint density at radius 2 is 1.81 bits per heavy atom. The SMILES string of the molecule is Cc1cccnc1NC(=O)C(=O)Nc1cc(F)ccc1F. The Bertz CT molecular complexity index is 704. The van der Waals surface area contributed by atoms with E-state index in [1.165, 1.54) is 6.20 Å². The number of halogens is 2. The van der Waals surface area contributed by atoms with Gasteiger partial charge in [0, 0.05) is 12.3 Å². The number of aromatic nitrogens is 1. The van der Waals surface area contributed by atoms with E-state index in [9.17, 15) is 18.4 Å². The molecular formula is C14H11F2N3O2. The van der Waals surface area contributed by atoms with E-state index in [4.69, 9.17) is 0 Å². The summed E-state index contributed by atoms with van der Waals surface area (Å²) in [4.78, 5) is 27.2. The van der Waals surface area contributed by atoms with Crippen LogP contribution in [0.1, 0.15) is 5.56 Å². The number of amides is 2. The predicted octanol–water partition coefficient (Wildman–Crippen LogP) is 2.25. The third kappa shape index (κ3) is 3.59. The van der Waals surface area contributed by atoms with Crippen molar-refractivity contribution in [1.29, 1.82) is 0 Å². The number of nitrogens with zero attached hydrogens (tertiary/aromatic N) is 1. The molecule has 0 aliphatic carbocycles. The number of carbonyl (C=O) groups excluding carboxylic acids is 2. The molecule has 1 heterocycles. The van der Waals surface area contributed by atoms with E-state index >= 15 is 0 Å². The lowest BCUT2D eigenvalue weighted by Crippen LogP contribution is -2.30. The first-order valence-corrected chi connectivity index (χ1v) is 5.96. The standard InChI is InChI=1S/C14H11F2N3O2/c1-8-3-2-6-17-12(8)19-14(21)13(20)18-11-7-9(15)4-5-10(11)16/h2-7H,1H3,(H,18,20)(H,17,19,21). The Kier molecular flexibility index (Phi) is 4.22. The van der Waals surface area contributed by atoms with Crippen LogP contribution < -0.4 is 10.6 Å². The second kappa shape index (κ2) is 6.08. The van der Waals surface area contributed by atoms with Crippen LogP contribution in [-0.4, -0.2) is 16.8 Å². The van der Waals surface area contributed by atoms with E-state index < -0.39 is 29.1 Å². The molecule has 1 aromatic carbocycles. The summed E-state index contributed by atoms with van der Waals surface area (Å²) in [5, 5.41) is 4.28. The predicted molar refractivity (Wildman–Crippen MR) is 72.6 cm³/mol. The molecular weight excluding hydrogens is 280 g/mol. The van der Waals surface area contributed by atoms with Gasteiger partial charge < -0.3 is 10.6 Å². The molecule has 5 nitrogen and oxygen atoms in total. The summed E-state index contributed by atoms with van der Waals surface area (Å²) in [6, 6.07) is 5.92. The van der Waals surface area contributed by atoms with Gasteiger partial charge in [0.2, 0.25) is 0 Å². The van der Waals surface area contributed by atoms with Gasteiger partial charge in [-0.25, -0.2) is 13.8 Å². The molecule has 0 saturated heterocycles. The summed E-state index contributed by atoms with van der Waals surface area (Å²) in [5.74, 6) is -3.50. The number of anilines is 2. The number of benzene rings is 1. The molecule has 0 unspecified atom stereocenters. The Hall–Kier alpha value is -2.83. The molecule has 0 radical (unpaired) electrons. The fourth-order valence-corrected chi connectivity index (χ4v) is 1.55. The third-order valence-electron chi connectivity index (χ3n) is 2.62. The third-order valence-corrected chi connectivity index (χ3v) is 2.62. The molecule has 21 heavy (non-hydrogen) atoms. The zero-order valence-electron chi connectivity index (χ0n) is 11.0. The van der Waals surface area contributed by atoms with Crippen LogP contribution in [0, 0.1) is 18.6 Å². The number of pyridine rings is 1. The largest absolute Gasteiger partial charge is 0.315 e. The summed E-state index contributed by atoms with van der Waals surface area (Å²) >= 11 is 0. The Morgan fingerprint density at radius 1 is 1.10 bits per heavy atom. The van der Waals surface area contributed by atoms with Crippen LogP contribution in [0.25, 0.3) is 0 Å². The molecule has 2 aromatic rings. The summed E-state index contributed by atoms with van der Waals surface area (Å²) in [5.41, 5.74) is 0.253. The van der Waals surface area contributed by atoms with Crippen LogP contribution in [0.3, 0.4) is 0 Å². The zero-order valence-corrected chi connectivity index (χ0v) is 11.0. The first-order chi connectivity index (χ1) is 9.97. The number of nitrogens with one attached hydrogen (secondary N) is 2. The number of hydrogen-bond donors (Lipinski definition) is 2. The van der Waals surface area contributed by atoms with E-state index in [1.807, 2.05) is 5.32 Å². The smallest absolute Gasteiger partial charge is 0.315 e. The minimum absolute atomic E-state index is 0.220. The van der Waals surface area contributed by atoms with Crippen LogP contribution in [0.4, 0.5) is 20.3 Å². The van der Waals surface area contributed by atoms with Gasteiger partial charge in [0.25, 0.3) is 0 Å². The van der Waals surface area contributed by atoms with E-state index in [2.05, 4.69) is 10.3 Å². The molecule has 0 spiro atoms.